The molecule has 0 spiro atoms. The van der Waals surface area contributed by atoms with Gasteiger partial charge in [0.2, 0.25) is 0 Å². The van der Waals surface area contributed by atoms with Crippen LogP contribution in [0.3, 0.4) is 0 Å². The Morgan fingerprint density at radius 2 is 1.74 bits per heavy atom. The highest BCUT2D eigenvalue weighted by Crippen LogP contribution is 2.20. The number of rotatable bonds is 4. The molecule has 3 rings (SSSR count). The molecule has 1 heteroatoms. The van der Waals surface area contributed by atoms with Gasteiger partial charge in [-0.1, -0.05) is 55.3 Å². The van der Waals surface area contributed by atoms with Gasteiger partial charge >= 0.3 is 0 Å². The Kier molecular flexibility index (Phi) is 3.95. The van der Waals surface area contributed by atoms with Crippen molar-refractivity contribution < 1.29 is 0 Å². The molecule has 0 aliphatic heterocycles. The fourth-order valence-electron chi connectivity index (χ4n) is 2.76. The van der Waals surface area contributed by atoms with Crippen molar-refractivity contribution in [1.82, 2.24) is 5.32 Å². The Balaban J connectivity index is 1.62. The zero-order valence-electron chi connectivity index (χ0n) is 11.2. The summed E-state index contributed by atoms with van der Waals surface area (Å²) in [6, 6.07) is 21.1. The lowest BCUT2D eigenvalue weighted by atomic mass is 10.0. The SMILES string of the molecule is [c]1cc(-c2ccccc2)ccc1CNC1CCCC1. The van der Waals surface area contributed by atoms with Gasteiger partial charge in [-0.15, -0.1) is 0 Å². The second kappa shape index (κ2) is 6.03. The predicted molar refractivity (Wildman–Crippen MR) is 79.8 cm³/mol. The molecule has 0 amide bonds. The van der Waals surface area contributed by atoms with Gasteiger partial charge in [-0.3, -0.25) is 0 Å². The molecule has 0 saturated heterocycles. The molecule has 1 fully saturated rings. The van der Waals surface area contributed by atoms with E-state index in [0.29, 0.717) is 0 Å². The first-order valence-corrected chi connectivity index (χ1v) is 7.21. The second-order valence-corrected chi connectivity index (χ2v) is 5.33. The van der Waals surface area contributed by atoms with Gasteiger partial charge in [0, 0.05) is 12.6 Å². The van der Waals surface area contributed by atoms with Crippen molar-refractivity contribution in [2.75, 3.05) is 0 Å². The van der Waals surface area contributed by atoms with Gasteiger partial charge in [0.15, 0.2) is 0 Å². The van der Waals surface area contributed by atoms with Gasteiger partial charge < -0.3 is 5.32 Å². The van der Waals surface area contributed by atoms with Gasteiger partial charge in [0.1, 0.15) is 0 Å². The molecule has 0 atom stereocenters. The van der Waals surface area contributed by atoms with Crippen LogP contribution in [0.4, 0.5) is 0 Å². The van der Waals surface area contributed by atoms with Gasteiger partial charge in [-0.25, -0.2) is 0 Å². The zero-order valence-corrected chi connectivity index (χ0v) is 11.2. The highest BCUT2D eigenvalue weighted by molar-refractivity contribution is 5.63. The molecule has 2 aromatic carbocycles. The van der Waals surface area contributed by atoms with E-state index in [1.807, 2.05) is 6.07 Å². The van der Waals surface area contributed by atoms with E-state index in [1.54, 1.807) is 0 Å². The van der Waals surface area contributed by atoms with Crippen molar-refractivity contribution in [2.45, 2.75) is 38.3 Å². The summed E-state index contributed by atoms with van der Waals surface area (Å²) < 4.78 is 0. The lowest BCUT2D eigenvalue weighted by molar-refractivity contribution is 0.524. The molecule has 1 N–H and O–H groups in total. The standard InChI is InChI=1S/C18H20N/c1-2-6-16(7-3-1)17-12-10-15(11-13-17)14-19-18-8-4-5-9-18/h1-3,6-7,10,12-13,18-19H,4-5,8-9,14H2. The Morgan fingerprint density at radius 3 is 2.42 bits per heavy atom. The van der Waals surface area contributed by atoms with Gasteiger partial charge in [-0.2, -0.15) is 0 Å². The molecule has 19 heavy (non-hydrogen) atoms. The van der Waals surface area contributed by atoms with Crippen molar-refractivity contribution >= 4 is 0 Å². The van der Waals surface area contributed by atoms with Crippen LogP contribution in [0, 0.1) is 6.07 Å². The lowest BCUT2D eigenvalue weighted by Crippen LogP contribution is -2.25. The van der Waals surface area contributed by atoms with E-state index in [1.165, 1.54) is 42.4 Å². The largest absolute Gasteiger partial charge is 0.310 e. The number of hydrogen-bond acceptors (Lipinski definition) is 1. The molecule has 0 bridgehead atoms. The van der Waals surface area contributed by atoms with Crippen LogP contribution in [-0.4, -0.2) is 6.04 Å². The number of hydrogen-bond donors (Lipinski definition) is 1. The zero-order chi connectivity index (χ0) is 12.9. The van der Waals surface area contributed by atoms with Crippen molar-refractivity contribution in [3.05, 3.63) is 60.2 Å². The predicted octanol–water partition coefficient (Wildman–Crippen LogP) is 4.19. The normalized spacial score (nSPS) is 15.8. The molecule has 0 unspecified atom stereocenters. The monoisotopic (exact) mass is 250 g/mol. The first-order chi connectivity index (χ1) is 9.42. The van der Waals surface area contributed by atoms with Crippen molar-refractivity contribution in [2.24, 2.45) is 0 Å². The topological polar surface area (TPSA) is 12.0 Å². The summed E-state index contributed by atoms with van der Waals surface area (Å²) in [5.74, 6) is 0. The molecule has 97 valence electrons. The highest BCUT2D eigenvalue weighted by Gasteiger charge is 2.13. The van der Waals surface area contributed by atoms with Gasteiger partial charge in [0.05, 0.1) is 0 Å². The van der Waals surface area contributed by atoms with E-state index >= 15 is 0 Å². The molecule has 0 heterocycles. The first-order valence-electron chi connectivity index (χ1n) is 7.21. The molecule has 1 aliphatic rings. The van der Waals surface area contributed by atoms with Gasteiger partial charge in [0.25, 0.3) is 0 Å². The van der Waals surface area contributed by atoms with Crippen LogP contribution in [0.2, 0.25) is 0 Å². The maximum atomic E-state index is 3.63. The second-order valence-electron chi connectivity index (χ2n) is 5.33. The van der Waals surface area contributed by atoms with Crippen molar-refractivity contribution in [3.8, 4) is 11.1 Å². The summed E-state index contributed by atoms with van der Waals surface area (Å²) in [4.78, 5) is 0. The molecule has 0 aromatic heterocycles. The minimum atomic E-state index is 0.724. The summed E-state index contributed by atoms with van der Waals surface area (Å²) >= 11 is 0. The highest BCUT2D eigenvalue weighted by atomic mass is 14.9. The van der Waals surface area contributed by atoms with Crippen LogP contribution in [0.1, 0.15) is 31.2 Å². The van der Waals surface area contributed by atoms with Crippen LogP contribution in [0.15, 0.2) is 48.5 Å². The van der Waals surface area contributed by atoms with Crippen LogP contribution in [0.5, 0.6) is 0 Å². The quantitative estimate of drug-likeness (QED) is 0.858. The van der Waals surface area contributed by atoms with E-state index in [-0.39, 0.29) is 0 Å². The Hall–Kier alpha value is -1.60. The van der Waals surface area contributed by atoms with Crippen LogP contribution < -0.4 is 5.32 Å². The van der Waals surface area contributed by atoms with E-state index in [2.05, 4.69) is 53.8 Å². The molecule has 1 aliphatic carbocycles. The number of nitrogens with one attached hydrogen (secondary N) is 1. The Morgan fingerprint density at radius 1 is 0.947 bits per heavy atom. The van der Waals surface area contributed by atoms with E-state index in [9.17, 15) is 0 Å². The third-order valence-electron chi connectivity index (χ3n) is 3.92. The van der Waals surface area contributed by atoms with Crippen LogP contribution >= 0.6 is 0 Å². The van der Waals surface area contributed by atoms with Crippen molar-refractivity contribution in [1.29, 1.82) is 0 Å². The third-order valence-corrected chi connectivity index (χ3v) is 3.92. The first kappa shape index (κ1) is 12.4. The van der Waals surface area contributed by atoms with E-state index < -0.39 is 0 Å². The average Bonchev–Trinajstić information content (AvgIpc) is 3.00. The fraction of sp³-hybridized carbons (Fsp3) is 0.333. The summed E-state index contributed by atoms with van der Waals surface area (Å²) in [7, 11) is 0. The molecule has 2 aromatic rings. The maximum Gasteiger partial charge on any atom is 0.0214 e. The Bertz CT molecular complexity index is 495. The van der Waals surface area contributed by atoms with Gasteiger partial charge in [-0.05, 0) is 41.7 Å². The molecule has 1 radical (unpaired) electrons. The van der Waals surface area contributed by atoms with Crippen molar-refractivity contribution in [3.63, 3.8) is 0 Å². The molecule has 1 saturated carbocycles. The summed E-state index contributed by atoms with van der Waals surface area (Å²) in [5, 5.41) is 3.63. The number of benzene rings is 2. The van der Waals surface area contributed by atoms with E-state index in [0.717, 1.165) is 12.6 Å². The smallest absolute Gasteiger partial charge is 0.0214 e. The van der Waals surface area contributed by atoms with Crippen LogP contribution in [-0.2, 0) is 6.54 Å². The average molecular weight is 250 g/mol. The summed E-state index contributed by atoms with van der Waals surface area (Å²) in [6.45, 7) is 0.944. The fourth-order valence-corrected chi connectivity index (χ4v) is 2.76. The van der Waals surface area contributed by atoms with Crippen LogP contribution in [0.25, 0.3) is 11.1 Å². The van der Waals surface area contributed by atoms with E-state index in [4.69, 9.17) is 0 Å². The minimum Gasteiger partial charge on any atom is -0.310 e. The molecular weight excluding hydrogens is 230 g/mol. The molecule has 1 nitrogen and oxygen atoms in total. The maximum absolute atomic E-state index is 3.63. The Labute approximate surface area is 115 Å². The summed E-state index contributed by atoms with van der Waals surface area (Å²) in [5.41, 5.74) is 3.76. The molecular formula is C18H20N. The summed E-state index contributed by atoms with van der Waals surface area (Å²) in [6.07, 6.45) is 5.44. The third kappa shape index (κ3) is 3.24. The lowest BCUT2D eigenvalue weighted by Gasteiger charge is -2.11. The minimum absolute atomic E-state index is 0.724.